The molecule has 1 aliphatic rings. The number of nitrogens with one attached hydrogen (secondary N) is 4. The molecule has 9 heteroatoms. The van der Waals surface area contributed by atoms with Crippen LogP contribution < -0.4 is 21.6 Å². The van der Waals surface area contributed by atoms with Crippen molar-refractivity contribution < 1.29 is 4.74 Å². The fourth-order valence-corrected chi connectivity index (χ4v) is 2.84. The highest BCUT2D eigenvalue weighted by atomic mass is 32.1. The van der Waals surface area contributed by atoms with Gasteiger partial charge in [0, 0.05) is 31.6 Å². The zero-order valence-corrected chi connectivity index (χ0v) is 14.7. The maximum Gasteiger partial charge on any atom is 0.272 e. The van der Waals surface area contributed by atoms with Gasteiger partial charge in [0.1, 0.15) is 0 Å². The van der Waals surface area contributed by atoms with Gasteiger partial charge < -0.3 is 15.4 Å². The van der Waals surface area contributed by atoms with E-state index in [9.17, 15) is 4.79 Å². The van der Waals surface area contributed by atoms with Gasteiger partial charge in [-0.15, -0.1) is 0 Å². The molecular weight excluding hydrogens is 340 g/mol. The number of fused-ring (bicyclic) bond motifs is 1. The van der Waals surface area contributed by atoms with Crippen molar-refractivity contribution in [1.82, 2.24) is 25.9 Å². The van der Waals surface area contributed by atoms with E-state index in [1.165, 1.54) is 0 Å². The van der Waals surface area contributed by atoms with Gasteiger partial charge in [0.25, 0.3) is 5.56 Å². The van der Waals surface area contributed by atoms with Gasteiger partial charge in [-0.1, -0.05) is 18.2 Å². The summed E-state index contributed by atoms with van der Waals surface area (Å²) in [5.41, 5.74) is 2.98. The fourth-order valence-electron chi connectivity index (χ4n) is 2.60. The number of hydrogen-bond acceptors (Lipinski definition) is 6. The lowest BCUT2D eigenvalue weighted by Gasteiger charge is -2.28. The van der Waals surface area contributed by atoms with E-state index in [-0.39, 0.29) is 5.56 Å². The highest BCUT2D eigenvalue weighted by molar-refractivity contribution is 7.80. The summed E-state index contributed by atoms with van der Waals surface area (Å²) in [7, 11) is 0. The molecule has 1 fully saturated rings. The molecule has 0 saturated carbocycles. The van der Waals surface area contributed by atoms with Crippen molar-refractivity contribution >= 4 is 33.9 Å². The minimum absolute atomic E-state index is 0.178. The summed E-state index contributed by atoms with van der Waals surface area (Å²) in [5, 5.41) is 17.2. The number of rotatable bonds is 6. The second-order valence-electron chi connectivity index (χ2n) is 5.69. The van der Waals surface area contributed by atoms with E-state index in [1.807, 2.05) is 23.2 Å². The quantitative estimate of drug-likeness (QED) is 0.434. The summed E-state index contributed by atoms with van der Waals surface area (Å²) < 4.78 is 5.29. The molecule has 0 amide bonds. The van der Waals surface area contributed by atoms with Crippen LogP contribution in [0.3, 0.4) is 0 Å². The second-order valence-corrected chi connectivity index (χ2v) is 6.10. The first kappa shape index (κ1) is 17.6. The van der Waals surface area contributed by atoms with E-state index in [4.69, 9.17) is 17.0 Å². The standard InChI is InChI=1S/C16H22N6O2S/c23-15-13-5-2-1-4-12(13)14(19-20-15)17-6-3-7-18-16(25)21-22-8-10-24-11-9-22/h1-2,4-5H,3,6-11H2,(H,17,19)(H,20,23)(H2,18,21,25). The number of morpholine rings is 1. The van der Waals surface area contributed by atoms with Gasteiger partial charge in [0.2, 0.25) is 0 Å². The Bertz CT molecular complexity index is 775. The molecule has 1 aliphatic heterocycles. The van der Waals surface area contributed by atoms with Crippen LogP contribution in [-0.2, 0) is 4.74 Å². The predicted molar refractivity (Wildman–Crippen MR) is 102 cm³/mol. The number of ether oxygens (including phenoxy) is 1. The molecule has 8 nitrogen and oxygen atoms in total. The summed E-state index contributed by atoms with van der Waals surface area (Å²) >= 11 is 5.28. The van der Waals surface area contributed by atoms with E-state index in [1.54, 1.807) is 6.07 Å². The minimum atomic E-state index is -0.178. The number of thiocarbonyl (C=S) groups is 1. The summed E-state index contributed by atoms with van der Waals surface area (Å²) in [4.78, 5) is 11.8. The number of benzene rings is 1. The van der Waals surface area contributed by atoms with Crippen molar-refractivity contribution in [3.05, 3.63) is 34.6 Å². The Morgan fingerprint density at radius 1 is 1.24 bits per heavy atom. The van der Waals surface area contributed by atoms with Crippen LogP contribution >= 0.6 is 12.2 Å². The lowest BCUT2D eigenvalue weighted by molar-refractivity contribution is 0.0247. The maximum absolute atomic E-state index is 11.8. The first-order valence-electron chi connectivity index (χ1n) is 8.32. The Balaban J connectivity index is 1.41. The van der Waals surface area contributed by atoms with Crippen LogP contribution in [-0.4, -0.2) is 59.7 Å². The van der Waals surface area contributed by atoms with Crippen LogP contribution in [0, 0.1) is 0 Å². The number of nitrogens with zero attached hydrogens (tertiary/aromatic N) is 2. The van der Waals surface area contributed by atoms with Crippen LogP contribution in [0.25, 0.3) is 10.8 Å². The Morgan fingerprint density at radius 3 is 2.80 bits per heavy atom. The Morgan fingerprint density at radius 2 is 2.00 bits per heavy atom. The SMILES string of the molecule is O=c1[nH]nc(NCCCNC(=S)NN2CCOCC2)c2ccccc12. The van der Waals surface area contributed by atoms with Gasteiger partial charge in [-0.05, 0) is 24.7 Å². The third-order valence-corrected chi connectivity index (χ3v) is 4.13. The van der Waals surface area contributed by atoms with Gasteiger partial charge in [-0.25, -0.2) is 10.1 Å². The molecule has 134 valence electrons. The number of aromatic nitrogens is 2. The molecule has 2 aromatic rings. The monoisotopic (exact) mass is 362 g/mol. The topological polar surface area (TPSA) is 94.3 Å². The molecule has 1 aromatic carbocycles. The van der Waals surface area contributed by atoms with Crippen molar-refractivity contribution in [2.75, 3.05) is 44.7 Å². The molecule has 0 bridgehead atoms. The lowest BCUT2D eigenvalue weighted by atomic mass is 10.2. The minimum Gasteiger partial charge on any atom is -0.379 e. The molecular formula is C16H22N6O2S. The van der Waals surface area contributed by atoms with Gasteiger partial charge in [-0.2, -0.15) is 5.10 Å². The van der Waals surface area contributed by atoms with Crippen molar-refractivity contribution in [2.24, 2.45) is 0 Å². The summed E-state index contributed by atoms with van der Waals surface area (Å²) in [5.74, 6) is 0.684. The first-order chi connectivity index (χ1) is 12.2. The molecule has 0 radical (unpaired) electrons. The van der Waals surface area contributed by atoms with Gasteiger partial charge in [-0.3, -0.25) is 10.2 Å². The smallest absolute Gasteiger partial charge is 0.272 e. The number of H-pyrrole nitrogens is 1. The number of hydrogen-bond donors (Lipinski definition) is 4. The zero-order chi connectivity index (χ0) is 17.5. The molecule has 1 aromatic heterocycles. The van der Waals surface area contributed by atoms with E-state index in [0.717, 1.165) is 51.2 Å². The fraction of sp³-hybridized carbons (Fsp3) is 0.438. The van der Waals surface area contributed by atoms with Gasteiger partial charge in [0.05, 0.1) is 18.6 Å². The summed E-state index contributed by atoms with van der Waals surface area (Å²) in [6.45, 7) is 4.56. The Kier molecular flexibility index (Phi) is 6.15. The molecule has 25 heavy (non-hydrogen) atoms. The number of hydrazine groups is 1. The third kappa shape index (κ3) is 4.88. The average molecular weight is 362 g/mol. The van der Waals surface area contributed by atoms with Gasteiger partial charge in [0.15, 0.2) is 10.9 Å². The summed E-state index contributed by atoms with van der Waals surface area (Å²) in [6, 6.07) is 7.41. The van der Waals surface area contributed by atoms with Crippen molar-refractivity contribution in [2.45, 2.75) is 6.42 Å². The number of aromatic amines is 1. The molecule has 3 rings (SSSR count). The zero-order valence-electron chi connectivity index (χ0n) is 13.9. The van der Waals surface area contributed by atoms with E-state index in [0.29, 0.717) is 16.3 Å². The first-order valence-corrected chi connectivity index (χ1v) is 8.73. The second kappa shape index (κ2) is 8.75. The molecule has 0 aliphatic carbocycles. The van der Waals surface area contributed by atoms with Crippen molar-refractivity contribution in [1.29, 1.82) is 0 Å². The highest BCUT2D eigenvalue weighted by Gasteiger charge is 2.10. The van der Waals surface area contributed by atoms with Crippen molar-refractivity contribution in [3.8, 4) is 0 Å². The van der Waals surface area contributed by atoms with Crippen molar-refractivity contribution in [3.63, 3.8) is 0 Å². The van der Waals surface area contributed by atoms with E-state index < -0.39 is 0 Å². The normalized spacial score (nSPS) is 15.0. The number of anilines is 1. The summed E-state index contributed by atoms with van der Waals surface area (Å²) in [6.07, 6.45) is 0.861. The van der Waals surface area contributed by atoms with Crippen LogP contribution in [0.4, 0.5) is 5.82 Å². The van der Waals surface area contributed by atoms with Crippen LogP contribution in [0.15, 0.2) is 29.1 Å². The molecule has 1 saturated heterocycles. The Labute approximate surface area is 150 Å². The highest BCUT2D eigenvalue weighted by Crippen LogP contribution is 2.16. The Hall–Kier alpha value is -2.23. The molecule has 4 N–H and O–H groups in total. The maximum atomic E-state index is 11.8. The largest absolute Gasteiger partial charge is 0.379 e. The van der Waals surface area contributed by atoms with Crippen LogP contribution in [0.1, 0.15) is 6.42 Å². The lowest BCUT2D eigenvalue weighted by Crippen LogP contribution is -2.51. The molecule has 0 unspecified atom stereocenters. The van der Waals surface area contributed by atoms with E-state index >= 15 is 0 Å². The average Bonchev–Trinajstić information content (AvgIpc) is 2.64. The third-order valence-electron chi connectivity index (χ3n) is 3.90. The van der Waals surface area contributed by atoms with Gasteiger partial charge >= 0.3 is 0 Å². The van der Waals surface area contributed by atoms with Crippen LogP contribution in [0.2, 0.25) is 0 Å². The predicted octanol–water partition coefficient (Wildman–Crippen LogP) is 0.436. The van der Waals surface area contributed by atoms with E-state index in [2.05, 4.69) is 26.3 Å². The molecule has 0 atom stereocenters. The molecule has 2 heterocycles. The molecule has 0 spiro atoms. The van der Waals surface area contributed by atoms with Crippen LogP contribution in [0.5, 0.6) is 0 Å².